The molecule has 1 N–H and O–H groups in total. The van der Waals surface area contributed by atoms with Crippen LogP contribution in [0, 0.1) is 5.92 Å². The quantitative estimate of drug-likeness (QED) is 0.902. The molecule has 0 spiro atoms. The van der Waals surface area contributed by atoms with Gasteiger partial charge in [0.2, 0.25) is 5.95 Å². The number of anilines is 2. The Hall–Kier alpha value is -2.14. The Labute approximate surface area is 155 Å². The Bertz CT molecular complexity index is 687. The minimum atomic E-state index is 0.518. The van der Waals surface area contributed by atoms with Gasteiger partial charge in [0.05, 0.1) is 13.2 Å². The summed E-state index contributed by atoms with van der Waals surface area (Å²) >= 11 is 0. The van der Waals surface area contributed by atoms with Crippen LogP contribution in [0.2, 0.25) is 0 Å². The van der Waals surface area contributed by atoms with Crippen molar-refractivity contribution in [1.82, 2.24) is 9.97 Å². The van der Waals surface area contributed by atoms with E-state index in [4.69, 9.17) is 4.74 Å². The number of morpholine rings is 1. The second-order valence-electron chi connectivity index (χ2n) is 7.54. The number of nitrogens with one attached hydrogen (secondary N) is 1. The smallest absolute Gasteiger partial charge is 0.222 e. The maximum atomic E-state index is 5.42. The van der Waals surface area contributed by atoms with Crippen LogP contribution in [0.3, 0.4) is 0 Å². The van der Waals surface area contributed by atoms with Gasteiger partial charge in [-0.2, -0.15) is 0 Å². The van der Waals surface area contributed by atoms with E-state index in [1.807, 2.05) is 12.4 Å². The molecule has 26 heavy (non-hydrogen) atoms. The lowest BCUT2D eigenvalue weighted by Gasteiger charge is -2.28. The Morgan fingerprint density at radius 3 is 2.23 bits per heavy atom. The molecular weight excluding hydrogens is 324 g/mol. The van der Waals surface area contributed by atoms with E-state index in [-0.39, 0.29) is 0 Å². The van der Waals surface area contributed by atoms with Gasteiger partial charge in [0.25, 0.3) is 0 Å². The van der Waals surface area contributed by atoms with Crippen LogP contribution >= 0.6 is 0 Å². The Morgan fingerprint density at radius 1 is 0.923 bits per heavy atom. The van der Waals surface area contributed by atoms with Crippen molar-refractivity contribution in [2.75, 3.05) is 36.5 Å². The molecule has 138 valence electrons. The molecule has 2 heterocycles. The van der Waals surface area contributed by atoms with Gasteiger partial charge in [0, 0.05) is 42.8 Å². The van der Waals surface area contributed by atoms with Crippen molar-refractivity contribution in [3.05, 3.63) is 36.7 Å². The average Bonchev–Trinajstić information content (AvgIpc) is 2.71. The highest BCUT2D eigenvalue weighted by molar-refractivity contribution is 5.65. The molecule has 1 saturated carbocycles. The first-order valence-electron chi connectivity index (χ1n) is 9.79. The van der Waals surface area contributed by atoms with Gasteiger partial charge in [-0.1, -0.05) is 19.1 Å². The van der Waals surface area contributed by atoms with Crippen molar-refractivity contribution in [3.8, 4) is 11.1 Å². The second-order valence-corrected chi connectivity index (χ2v) is 7.54. The summed E-state index contributed by atoms with van der Waals surface area (Å²) in [6.45, 7) is 5.88. The van der Waals surface area contributed by atoms with E-state index in [9.17, 15) is 0 Å². The van der Waals surface area contributed by atoms with Crippen LogP contribution in [0.1, 0.15) is 32.6 Å². The molecule has 0 unspecified atom stereocenters. The Morgan fingerprint density at radius 2 is 1.58 bits per heavy atom. The summed E-state index contributed by atoms with van der Waals surface area (Å²) in [5.74, 6) is 1.61. The van der Waals surface area contributed by atoms with E-state index in [2.05, 4.69) is 51.4 Å². The van der Waals surface area contributed by atoms with E-state index < -0.39 is 0 Å². The van der Waals surface area contributed by atoms with Gasteiger partial charge in [0.1, 0.15) is 0 Å². The van der Waals surface area contributed by atoms with Gasteiger partial charge in [-0.15, -0.1) is 0 Å². The molecule has 1 aromatic carbocycles. The molecule has 0 radical (unpaired) electrons. The molecule has 1 saturated heterocycles. The minimum Gasteiger partial charge on any atom is -0.378 e. The first-order valence-corrected chi connectivity index (χ1v) is 9.79. The molecule has 2 aromatic rings. The number of hydrogen-bond donors (Lipinski definition) is 1. The minimum absolute atomic E-state index is 0.518. The van der Waals surface area contributed by atoms with Crippen LogP contribution in [0.25, 0.3) is 11.1 Å². The highest BCUT2D eigenvalue weighted by atomic mass is 16.5. The zero-order valence-corrected chi connectivity index (χ0v) is 15.5. The molecule has 0 amide bonds. The summed E-state index contributed by atoms with van der Waals surface area (Å²) in [5.41, 5.74) is 3.46. The predicted octanol–water partition coefficient (Wildman–Crippen LogP) is 3.97. The van der Waals surface area contributed by atoms with Gasteiger partial charge in [0.15, 0.2) is 0 Å². The second kappa shape index (κ2) is 8.04. The molecule has 4 rings (SSSR count). The van der Waals surface area contributed by atoms with Crippen molar-refractivity contribution in [1.29, 1.82) is 0 Å². The summed E-state index contributed by atoms with van der Waals surface area (Å²) in [6.07, 6.45) is 8.87. The van der Waals surface area contributed by atoms with Crippen LogP contribution in [-0.2, 0) is 4.74 Å². The van der Waals surface area contributed by atoms with Crippen molar-refractivity contribution < 1.29 is 4.74 Å². The molecule has 2 aliphatic rings. The topological polar surface area (TPSA) is 50.3 Å². The standard InChI is InChI=1S/C21H28N4O/c1-16-2-6-19(7-3-16)24-21-22-14-18(15-23-21)17-4-8-20(9-5-17)25-10-12-26-13-11-25/h4-5,8-9,14-16,19H,2-3,6-7,10-13H2,1H3,(H,22,23,24)/t16-,19-. The number of ether oxygens (including phenoxy) is 1. The summed E-state index contributed by atoms with van der Waals surface area (Å²) in [7, 11) is 0. The first-order chi connectivity index (χ1) is 12.8. The van der Waals surface area contributed by atoms with Crippen molar-refractivity contribution in [2.24, 2.45) is 5.92 Å². The number of rotatable bonds is 4. The van der Waals surface area contributed by atoms with Crippen LogP contribution in [-0.4, -0.2) is 42.3 Å². The third kappa shape index (κ3) is 4.15. The van der Waals surface area contributed by atoms with Crippen LogP contribution in [0.4, 0.5) is 11.6 Å². The molecular formula is C21H28N4O. The number of hydrogen-bond acceptors (Lipinski definition) is 5. The lowest BCUT2D eigenvalue weighted by Crippen LogP contribution is -2.36. The number of benzene rings is 1. The largest absolute Gasteiger partial charge is 0.378 e. The molecule has 1 aromatic heterocycles. The summed E-state index contributed by atoms with van der Waals surface area (Å²) in [4.78, 5) is 11.4. The molecule has 1 aliphatic carbocycles. The first kappa shape index (κ1) is 17.3. The van der Waals surface area contributed by atoms with Gasteiger partial charge in [-0.05, 0) is 49.3 Å². The highest BCUT2D eigenvalue weighted by Gasteiger charge is 2.18. The Kier molecular flexibility index (Phi) is 5.34. The van der Waals surface area contributed by atoms with Crippen molar-refractivity contribution in [3.63, 3.8) is 0 Å². The zero-order valence-electron chi connectivity index (χ0n) is 15.5. The lowest BCUT2D eigenvalue weighted by atomic mass is 9.87. The van der Waals surface area contributed by atoms with Gasteiger partial charge in [-0.3, -0.25) is 0 Å². The van der Waals surface area contributed by atoms with Gasteiger partial charge < -0.3 is 15.0 Å². The molecule has 5 heteroatoms. The number of nitrogens with zero attached hydrogens (tertiary/aromatic N) is 3. The number of aromatic nitrogens is 2. The third-order valence-electron chi connectivity index (χ3n) is 5.58. The van der Waals surface area contributed by atoms with Crippen molar-refractivity contribution in [2.45, 2.75) is 38.6 Å². The van der Waals surface area contributed by atoms with Gasteiger partial charge in [-0.25, -0.2) is 9.97 Å². The highest BCUT2D eigenvalue weighted by Crippen LogP contribution is 2.26. The normalized spacial score (nSPS) is 23.7. The molecule has 5 nitrogen and oxygen atoms in total. The molecule has 1 aliphatic heterocycles. The van der Waals surface area contributed by atoms with E-state index in [0.717, 1.165) is 49.3 Å². The van der Waals surface area contributed by atoms with E-state index >= 15 is 0 Å². The third-order valence-corrected chi connectivity index (χ3v) is 5.58. The fourth-order valence-electron chi connectivity index (χ4n) is 3.82. The van der Waals surface area contributed by atoms with Gasteiger partial charge >= 0.3 is 0 Å². The van der Waals surface area contributed by atoms with Crippen LogP contribution in [0.5, 0.6) is 0 Å². The zero-order chi connectivity index (χ0) is 17.8. The monoisotopic (exact) mass is 352 g/mol. The maximum absolute atomic E-state index is 5.42. The SMILES string of the molecule is C[C@H]1CC[C@H](Nc2ncc(-c3ccc(N4CCOCC4)cc3)cn2)CC1. The van der Waals surface area contributed by atoms with E-state index in [0.29, 0.717) is 6.04 Å². The fourth-order valence-corrected chi connectivity index (χ4v) is 3.82. The van der Waals surface area contributed by atoms with E-state index in [1.165, 1.54) is 31.4 Å². The lowest BCUT2D eigenvalue weighted by molar-refractivity contribution is 0.122. The predicted molar refractivity (Wildman–Crippen MR) is 106 cm³/mol. The molecule has 0 atom stereocenters. The van der Waals surface area contributed by atoms with Crippen LogP contribution < -0.4 is 10.2 Å². The molecule has 0 bridgehead atoms. The average molecular weight is 352 g/mol. The fraction of sp³-hybridized carbons (Fsp3) is 0.524. The van der Waals surface area contributed by atoms with Crippen LogP contribution in [0.15, 0.2) is 36.7 Å². The summed E-state index contributed by atoms with van der Waals surface area (Å²) < 4.78 is 5.42. The van der Waals surface area contributed by atoms with E-state index in [1.54, 1.807) is 0 Å². The Balaban J connectivity index is 1.38. The maximum Gasteiger partial charge on any atom is 0.222 e. The summed E-state index contributed by atoms with van der Waals surface area (Å²) in [6, 6.07) is 9.18. The summed E-state index contributed by atoms with van der Waals surface area (Å²) in [5, 5.41) is 3.49. The molecule has 2 fully saturated rings. The van der Waals surface area contributed by atoms with Crippen molar-refractivity contribution >= 4 is 11.6 Å².